The molecule has 1 nitrogen and oxygen atoms in total. The SMILES string of the molecule is CC1(C)c2ccccc2-c2ccc(N(c3ccccc3-c3ccccc3)c3cccc4c3-c3ccccc3C43c4cc5c(cc4-c4cc6c(cc43)C3C4C=CC6C=CC43)C3C=CC4C(C=C3)C54)cc21. The number of para-hydroxylation sites is 1. The number of anilines is 3. The van der Waals surface area contributed by atoms with Gasteiger partial charge in [-0.15, -0.1) is 0 Å². The summed E-state index contributed by atoms with van der Waals surface area (Å²) in [4.78, 5) is 2.62. The number of nitrogens with zero attached hydrogens (tertiary/aromatic N) is 1. The Balaban J connectivity index is 0.964. The molecule has 0 saturated heterocycles. The van der Waals surface area contributed by atoms with Gasteiger partial charge in [0.15, 0.2) is 0 Å². The highest BCUT2D eigenvalue weighted by Crippen LogP contribution is 2.70. The van der Waals surface area contributed by atoms with Gasteiger partial charge in [0.05, 0.1) is 16.8 Å². The zero-order valence-electron chi connectivity index (χ0n) is 38.8. The lowest BCUT2D eigenvalue weighted by atomic mass is 9.69. The summed E-state index contributed by atoms with van der Waals surface area (Å²) in [6.07, 6.45) is 20.2. The Kier molecular flexibility index (Phi) is 6.95. The van der Waals surface area contributed by atoms with E-state index in [4.69, 9.17) is 0 Å². The zero-order chi connectivity index (χ0) is 45.1. The van der Waals surface area contributed by atoms with E-state index < -0.39 is 5.41 Å². The van der Waals surface area contributed by atoms with Crippen molar-refractivity contribution in [2.24, 2.45) is 23.7 Å². The first-order valence-corrected chi connectivity index (χ1v) is 25.5. The molecule has 0 heterocycles. The third-order valence-electron chi connectivity index (χ3n) is 18.8. The highest BCUT2D eigenvalue weighted by atomic mass is 15.1. The molecule has 2 fully saturated rings. The van der Waals surface area contributed by atoms with Gasteiger partial charge in [-0.3, -0.25) is 0 Å². The molecule has 8 aromatic carbocycles. The van der Waals surface area contributed by atoms with Crippen LogP contribution in [0.1, 0.15) is 93.2 Å². The van der Waals surface area contributed by atoms with Crippen molar-refractivity contribution in [2.45, 2.75) is 48.3 Å². The monoisotopic (exact) mass is 879 g/mol. The summed E-state index contributed by atoms with van der Waals surface area (Å²) < 4.78 is 0. The lowest BCUT2D eigenvalue weighted by Gasteiger charge is -2.33. The predicted molar refractivity (Wildman–Crippen MR) is 282 cm³/mol. The maximum absolute atomic E-state index is 2.74. The van der Waals surface area contributed by atoms with Crippen LogP contribution in [0.2, 0.25) is 0 Å². The molecule has 69 heavy (non-hydrogen) atoms. The zero-order valence-corrected chi connectivity index (χ0v) is 38.8. The van der Waals surface area contributed by atoms with Gasteiger partial charge in [0, 0.05) is 34.1 Å². The second kappa shape index (κ2) is 12.8. The normalized spacial score (nSPS) is 27.5. The standard InChI is InChI=1S/C68H49N/c1-67(2)56-18-9-6-16-43(56)44-32-27-41(33-59(44)67)69(62-21-11-8-15-42(62)38-13-4-3-5-14-38)63-22-12-20-58-66(63)49-17-7-10-19-57(49)68(58)60-36-54-50(39-23-28-45-46(29-24-39)64(45)54)34-52(60)53-35-51-40-25-30-47-48(31-26-40)65(47)55(51)37-61(53)68/h3-37,39-40,45-48,64-65H,1-2H3. The lowest BCUT2D eigenvalue weighted by Crippen LogP contribution is -2.26. The van der Waals surface area contributed by atoms with Crippen LogP contribution in [-0.2, 0) is 10.8 Å². The number of hydrogen-bond acceptors (Lipinski definition) is 1. The van der Waals surface area contributed by atoms with Crippen LogP contribution in [0.5, 0.6) is 0 Å². The molecular weight excluding hydrogens is 831 g/mol. The summed E-state index contributed by atoms with van der Waals surface area (Å²) in [6, 6.07) is 64.1. The summed E-state index contributed by atoms with van der Waals surface area (Å²) in [7, 11) is 0. The minimum atomic E-state index is -0.490. The van der Waals surface area contributed by atoms with E-state index in [0.717, 1.165) is 0 Å². The summed E-state index contributed by atoms with van der Waals surface area (Å²) in [5.41, 5.74) is 28.3. The van der Waals surface area contributed by atoms with E-state index in [1.54, 1.807) is 11.1 Å². The van der Waals surface area contributed by atoms with Crippen LogP contribution >= 0.6 is 0 Å². The quantitative estimate of drug-likeness (QED) is 0.159. The topological polar surface area (TPSA) is 3.24 Å². The average Bonchev–Trinajstić information content (AvgIpc) is 4.28. The van der Waals surface area contributed by atoms with Crippen molar-refractivity contribution in [1.82, 2.24) is 0 Å². The molecule has 2 saturated carbocycles. The largest absolute Gasteiger partial charge is 0.309 e. The molecule has 0 aliphatic heterocycles. The van der Waals surface area contributed by atoms with Gasteiger partial charge in [0.2, 0.25) is 0 Å². The van der Waals surface area contributed by atoms with Crippen LogP contribution in [0, 0.1) is 23.7 Å². The smallest absolute Gasteiger partial charge is 0.0726 e. The number of fused-ring (bicyclic) bond motifs is 13. The summed E-state index contributed by atoms with van der Waals surface area (Å²) in [5, 5.41) is 0. The van der Waals surface area contributed by atoms with Crippen LogP contribution in [0.15, 0.2) is 212 Å². The second-order valence-electron chi connectivity index (χ2n) is 22.1. The Labute approximate surface area is 404 Å². The maximum Gasteiger partial charge on any atom is 0.0726 e. The van der Waals surface area contributed by atoms with Gasteiger partial charge in [-0.2, -0.15) is 0 Å². The molecule has 326 valence electrons. The third kappa shape index (κ3) is 4.59. The van der Waals surface area contributed by atoms with Crippen LogP contribution in [0.3, 0.4) is 0 Å². The molecule has 8 bridgehead atoms. The van der Waals surface area contributed by atoms with Crippen molar-refractivity contribution in [3.8, 4) is 44.5 Å². The Bertz CT molecular complexity index is 3640. The van der Waals surface area contributed by atoms with Gasteiger partial charge in [0.25, 0.3) is 0 Å². The van der Waals surface area contributed by atoms with Crippen molar-refractivity contribution in [3.63, 3.8) is 0 Å². The Morgan fingerprint density at radius 3 is 1.52 bits per heavy atom. The number of allylic oxidation sites excluding steroid dienone is 8. The van der Waals surface area contributed by atoms with Gasteiger partial charge in [-0.25, -0.2) is 0 Å². The van der Waals surface area contributed by atoms with E-state index in [-0.39, 0.29) is 5.41 Å². The first kappa shape index (κ1) is 37.5. The molecule has 0 N–H and O–H groups in total. The molecule has 0 aromatic heterocycles. The lowest BCUT2D eigenvalue weighted by molar-refractivity contribution is 0.660. The predicted octanol–water partition coefficient (Wildman–Crippen LogP) is 16.6. The minimum Gasteiger partial charge on any atom is -0.309 e. The van der Waals surface area contributed by atoms with E-state index in [9.17, 15) is 0 Å². The highest BCUT2D eigenvalue weighted by molar-refractivity contribution is 6.03. The van der Waals surface area contributed by atoms with Gasteiger partial charge >= 0.3 is 0 Å². The van der Waals surface area contributed by atoms with Gasteiger partial charge in [-0.1, -0.05) is 190 Å². The molecule has 11 aliphatic carbocycles. The van der Waals surface area contributed by atoms with E-state index in [1.807, 2.05) is 0 Å². The molecule has 0 amide bonds. The van der Waals surface area contributed by atoms with Gasteiger partial charge in [-0.05, 0) is 161 Å². The molecule has 11 aliphatic rings. The second-order valence-corrected chi connectivity index (χ2v) is 22.1. The molecule has 4 unspecified atom stereocenters. The highest BCUT2D eigenvalue weighted by Gasteiger charge is 2.58. The summed E-state index contributed by atoms with van der Waals surface area (Å²) >= 11 is 0. The molecule has 0 radical (unpaired) electrons. The van der Waals surface area contributed by atoms with Crippen molar-refractivity contribution in [2.75, 3.05) is 4.90 Å². The maximum atomic E-state index is 2.74. The minimum absolute atomic E-state index is 0.148. The first-order valence-electron chi connectivity index (χ1n) is 25.5. The van der Waals surface area contributed by atoms with Crippen molar-refractivity contribution >= 4 is 17.1 Å². The first-order chi connectivity index (χ1) is 34.0. The number of rotatable bonds is 4. The molecule has 1 spiro atoms. The Hall–Kier alpha value is -7.48. The van der Waals surface area contributed by atoms with Crippen LogP contribution in [0.25, 0.3) is 44.5 Å². The fourth-order valence-electron chi connectivity index (χ4n) is 15.6. The van der Waals surface area contributed by atoms with E-state index in [2.05, 4.69) is 231 Å². The molecule has 4 atom stereocenters. The van der Waals surface area contributed by atoms with E-state index in [0.29, 0.717) is 47.3 Å². The van der Waals surface area contributed by atoms with Crippen molar-refractivity contribution < 1.29 is 0 Å². The van der Waals surface area contributed by atoms with E-state index in [1.165, 1.54) is 106 Å². The summed E-state index contributed by atoms with van der Waals surface area (Å²) in [6.45, 7) is 4.81. The number of hydrogen-bond donors (Lipinski definition) is 0. The average molecular weight is 880 g/mol. The molecular formula is C68H49N. The van der Waals surface area contributed by atoms with Gasteiger partial charge < -0.3 is 4.90 Å². The molecule has 19 rings (SSSR count). The number of benzene rings is 8. The fraction of sp³-hybridized carbons (Fsp3) is 0.176. The van der Waals surface area contributed by atoms with Crippen molar-refractivity contribution in [1.29, 1.82) is 0 Å². The van der Waals surface area contributed by atoms with Crippen LogP contribution in [0.4, 0.5) is 17.1 Å². The van der Waals surface area contributed by atoms with Crippen LogP contribution < -0.4 is 4.90 Å². The van der Waals surface area contributed by atoms with Crippen LogP contribution in [-0.4, -0.2) is 0 Å². The molecule has 8 aromatic rings. The Morgan fingerprint density at radius 1 is 0.348 bits per heavy atom. The Morgan fingerprint density at radius 2 is 0.870 bits per heavy atom. The molecule has 1 heteroatoms. The fourth-order valence-corrected chi connectivity index (χ4v) is 15.6. The van der Waals surface area contributed by atoms with Crippen molar-refractivity contribution in [3.05, 3.63) is 268 Å². The van der Waals surface area contributed by atoms with Gasteiger partial charge in [0.1, 0.15) is 0 Å². The third-order valence-corrected chi connectivity index (χ3v) is 18.8. The summed E-state index contributed by atoms with van der Waals surface area (Å²) in [5.74, 6) is 4.12. The van der Waals surface area contributed by atoms with E-state index >= 15 is 0 Å².